The van der Waals surface area contributed by atoms with Gasteiger partial charge in [-0.2, -0.15) is 0 Å². The van der Waals surface area contributed by atoms with Gasteiger partial charge in [-0.3, -0.25) is 38.4 Å². The van der Waals surface area contributed by atoms with E-state index in [-0.39, 0.29) is 112 Å². The molecule has 2 atom stereocenters. The number of piperidine rings is 2. The number of carbonyl (C=O) groups is 9. The molecule has 2 fully saturated rings. The van der Waals surface area contributed by atoms with Crippen molar-refractivity contribution in [3.8, 4) is 0 Å². The van der Waals surface area contributed by atoms with Crippen molar-refractivity contribution in [2.24, 2.45) is 0 Å². The molecule has 0 radical (unpaired) electrons. The highest BCUT2D eigenvalue weighted by atomic mass is 16.6. The Hall–Kier alpha value is -9.29. The van der Waals surface area contributed by atoms with Crippen LogP contribution in [0.5, 0.6) is 0 Å². The fourth-order valence-corrected chi connectivity index (χ4v) is 13.8. The molecule has 0 unspecified atom stereocenters. The molecule has 6 aromatic rings. The number of fused-ring (bicyclic) bond motifs is 4. The van der Waals surface area contributed by atoms with E-state index < -0.39 is 40.8 Å². The van der Waals surface area contributed by atoms with Crippen molar-refractivity contribution in [1.29, 1.82) is 0 Å². The van der Waals surface area contributed by atoms with Gasteiger partial charge in [0, 0.05) is 87.2 Å². The number of ketones is 2. The summed E-state index contributed by atoms with van der Waals surface area (Å²) in [6.07, 6.45) is 7.65. The number of benzene rings is 6. The van der Waals surface area contributed by atoms with Gasteiger partial charge in [0.25, 0.3) is 0 Å². The number of hydrogen-bond acceptors (Lipinski definition) is 11. The highest BCUT2D eigenvalue weighted by Gasteiger charge is 2.48. The van der Waals surface area contributed by atoms with Gasteiger partial charge in [-0.1, -0.05) is 121 Å². The zero-order valence-electron chi connectivity index (χ0n) is 53.5. The van der Waals surface area contributed by atoms with Crippen LogP contribution in [0.15, 0.2) is 146 Å². The predicted molar refractivity (Wildman–Crippen MR) is 354 cm³/mol. The van der Waals surface area contributed by atoms with E-state index in [1.165, 1.54) is 27.2 Å². The van der Waals surface area contributed by atoms with E-state index in [9.17, 15) is 43.2 Å². The zero-order chi connectivity index (χ0) is 65.3. The Morgan fingerprint density at radius 1 is 0.473 bits per heavy atom. The zero-order valence-corrected chi connectivity index (χ0v) is 53.5. The van der Waals surface area contributed by atoms with Crippen LogP contribution in [0, 0.1) is 0 Å². The molecule has 4 heterocycles. The van der Waals surface area contributed by atoms with Crippen LogP contribution in [0.25, 0.3) is 0 Å². The van der Waals surface area contributed by atoms with Gasteiger partial charge in [0.1, 0.15) is 28.8 Å². The number of anilines is 2. The summed E-state index contributed by atoms with van der Waals surface area (Å²) in [7, 11) is 0. The largest absolute Gasteiger partial charge is 0.444 e. The molecule has 18 heteroatoms. The van der Waals surface area contributed by atoms with Gasteiger partial charge in [-0.25, -0.2) is 4.79 Å². The molecule has 93 heavy (non-hydrogen) atoms. The van der Waals surface area contributed by atoms with Crippen molar-refractivity contribution in [3.05, 3.63) is 201 Å². The second-order valence-electron chi connectivity index (χ2n) is 26.5. The lowest BCUT2D eigenvalue weighted by Crippen LogP contribution is -2.65. The first kappa shape index (κ1) is 65.2. The molecular weight excluding hydrogens is 1170 g/mol. The monoisotopic (exact) mass is 1260 g/mol. The third kappa shape index (κ3) is 15.6. The minimum absolute atomic E-state index is 0.00749. The predicted octanol–water partition coefficient (Wildman–Crippen LogP) is 9.59. The first-order valence-corrected chi connectivity index (χ1v) is 32.9. The van der Waals surface area contributed by atoms with Crippen LogP contribution in [-0.4, -0.2) is 123 Å². The van der Waals surface area contributed by atoms with Crippen molar-refractivity contribution in [3.63, 3.8) is 0 Å². The van der Waals surface area contributed by atoms with Crippen LogP contribution in [-0.2, 0) is 85.1 Å². The number of nitrogens with zero attached hydrogens (tertiary/aromatic N) is 3. The number of amides is 7. The third-order valence-electron chi connectivity index (χ3n) is 19.1. The summed E-state index contributed by atoms with van der Waals surface area (Å²) in [5, 5.41) is 15.7. The molecule has 0 aromatic heterocycles. The summed E-state index contributed by atoms with van der Waals surface area (Å²) in [4.78, 5) is 127. The molecule has 0 spiro atoms. The van der Waals surface area contributed by atoms with E-state index in [0.717, 1.165) is 66.5 Å². The number of aryl methyl sites for hydroxylation is 4. The van der Waals surface area contributed by atoms with Crippen molar-refractivity contribution in [2.75, 3.05) is 36.8 Å². The SMILES string of the molecule is CC(C)(C)OC(=O)N1CCC(NC(=O)[C@@H]2Cc3ccccc3CN2C(=O)CCC(=O)c2ccccc2)(C(=O)Nc2ccc3c(c2)CCC3)CC1.O=C(CCC(=O)N1Cc2ccccc2C[C@H]1C(=O)NC1(C(=O)Nc2ccc3c(c2)CCC3)CCNCC1)c1ccccc1. The first-order chi connectivity index (χ1) is 44.8. The molecule has 484 valence electrons. The maximum Gasteiger partial charge on any atom is 0.410 e. The van der Waals surface area contributed by atoms with Crippen LogP contribution in [0.3, 0.4) is 0 Å². The number of ether oxygens (including phenoxy) is 1. The smallest absolute Gasteiger partial charge is 0.410 e. The van der Waals surface area contributed by atoms with Gasteiger partial charge in [0.2, 0.25) is 35.4 Å². The van der Waals surface area contributed by atoms with E-state index in [0.29, 0.717) is 49.2 Å². The average molecular weight is 1260 g/mol. The van der Waals surface area contributed by atoms with Crippen molar-refractivity contribution in [2.45, 2.75) is 165 Å². The Morgan fingerprint density at radius 2 is 0.871 bits per heavy atom. The van der Waals surface area contributed by atoms with Gasteiger partial charge in [0.15, 0.2) is 11.6 Å². The highest BCUT2D eigenvalue weighted by molar-refractivity contribution is 6.04. The van der Waals surface area contributed by atoms with Gasteiger partial charge < -0.3 is 46.0 Å². The van der Waals surface area contributed by atoms with Crippen LogP contribution in [0.1, 0.15) is 150 Å². The number of nitrogens with one attached hydrogen (secondary N) is 5. The average Bonchev–Trinajstić information content (AvgIpc) is 1.38. The Bertz CT molecular complexity index is 3790. The summed E-state index contributed by atoms with van der Waals surface area (Å²) in [5.74, 6) is -2.19. The number of Topliss-reactive ketones (excluding diaryl/α,β-unsaturated/α-hetero) is 2. The summed E-state index contributed by atoms with van der Waals surface area (Å²) in [6.45, 7) is 7.49. The maximum atomic E-state index is 14.4. The molecule has 5 N–H and O–H groups in total. The van der Waals surface area contributed by atoms with Gasteiger partial charge in [-0.15, -0.1) is 0 Å². The Balaban J connectivity index is 0.000000192. The fourth-order valence-electron chi connectivity index (χ4n) is 13.8. The number of likely N-dealkylation sites (tertiary alicyclic amines) is 1. The highest BCUT2D eigenvalue weighted by Crippen LogP contribution is 2.33. The second kappa shape index (κ2) is 28.7. The molecule has 7 amide bonds. The standard InChI is InChI=1S/C40H46N4O6.C35H38N4O4/c1-39(2,3)50-38(49)43-22-20-40(21-23-43,37(48)41-32-17-16-27-14-9-15-29(27)24-32)42-36(47)33-25-30-12-7-8-13-31(30)26-44(33)35(46)19-18-34(45)28-10-5-4-6-11-28;40-31(25-7-2-1-3-8-25)15-16-32(41)39-23-28-10-5-4-9-27(28)22-30(39)33(42)38-35(17-19-36-20-18-35)34(43)37-29-14-13-24-11-6-12-26(24)21-29/h4-8,10-13,16-17,24,33H,9,14-15,18-23,25-26H2,1-3H3,(H,41,48)(H,42,47);1-5,7-10,13-14,21,30,36H,6,11-12,15-20,22-23H2,(H,37,43)(H,38,42)/t33-;30-/m00/s1. The molecule has 0 saturated carbocycles. The van der Waals surface area contributed by atoms with E-state index in [4.69, 9.17) is 4.74 Å². The van der Waals surface area contributed by atoms with Crippen LogP contribution in [0.2, 0.25) is 0 Å². The molecule has 4 aliphatic heterocycles. The number of hydrogen-bond donors (Lipinski definition) is 5. The minimum atomic E-state index is -1.34. The lowest BCUT2D eigenvalue weighted by atomic mass is 9.85. The summed E-state index contributed by atoms with van der Waals surface area (Å²) in [6, 6.07) is 43.6. The first-order valence-electron chi connectivity index (χ1n) is 32.9. The number of carbonyl (C=O) groups excluding carboxylic acids is 9. The summed E-state index contributed by atoms with van der Waals surface area (Å²) >= 11 is 0. The van der Waals surface area contributed by atoms with E-state index in [1.54, 1.807) is 79.1 Å². The Labute approximate surface area is 544 Å². The second-order valence-corrected chi connectivity index (χ2v) is 26.5. The normalized spacial score (nSPS) is 18.3. The molecule has 0 bridgehead atoms. The lowest BCUT2D eigenvalue weighted by Gasteiger charge is -2.43. The molecule has 2 aliphatic carbocycles. The van der Waals surface area contributed by atoms with Crippen LogP contribution in [0.4, 0.5) is 16.2 Å². The molecular formula is C75H84N8O10. The Morgan fingerprint density at radius 3 is 1.30 bits per heavy atom. The maximum absolute atomic E-state index is 14.4. The minimum Gasteiger partial charge on any atom is -0.444 e. The van der Waals surface area contributed by atoms with E-state index in [1.807, 2.05) is 91.0 Å². The molecule has 6 aliphatic rings. The van der Waals surface area contributed by atoms with Gasteiger partial charge in [0.05, 0.1) is 0 Å². The molecule has 2 saturated heterocycles. The quantitative estimate of drug-likeness (QED) is 0.0573. The third-order valence-corrected chi connectivity index (χ3v) is 19.1. The fraction of sp³-hybridized carbons (Fsp3) is 0.400. The molecule has 12 rings (SSSR count). The topological polar surface area (TPSA) is 233 Å². The summed E-state index contributed by atoms with van der Waals surface area (Å²) < 4.78 is 5.59. The van der Waals surface area contributed by atoms with Gasteiger partial charge >= 0.3 is 6.09 Å². The molecule has 18 nitrogen and oxygen atoms in total. The summed E-state index contributed by atoms with van der Waals surface area (Å²) in [5.41, 5.74) is 8.35. The lowest BCUT2D eigenvalue weighted by molar-refractivity contribution is -0.144. The van der Waals surface area contributed by atoms with Crippen LogP contribution >= 0.6 is 0 Å². The number of rotatable bonds is 16. The van der Waals surface area contributed by atoms with E-state index in [2.05, 4.69) is 32.7 Å². The molecule has 6 aromatic carbocycles. The van der Waals surface area contributed by atoms with Crippen molar-refractivity contribution < 1.29 is 47.9 Å². The van der Waals surface area contributed by atoms with Crippen molar-refractivity contribution >= 4 is 64.5 Å². The van der Waals surface area contributed by atoms with Gasteiger partial charge in [-0.05, 0) is 167 Å². The van der Waals surface area contributed by atoms with Crippen LogP contribution < -0.4 is 26.6 Å². The Kier molecular flexibility index (Phi) is 20.1. The van der Waals surface area contributed by atoms with E-state index >= 15 is 0 Å². The van der Waals surface area contributed by atoms with Crippen molar-refractivity contribution in [1.82, 2.24) is 30.7 Å².